The van der Waals surface area contributed by atoms with Crippen molar-refractivity contribution in [3.8, 4) is 0 Å². The van der Waals surface area contributed by atoms with E-state index in [1.807, 2.05) is 6.92 Å². The van der Waals surface area contributed by atoms with Crippen LogP contribution in [-0.4, -0.2) is 70.1 Å². The summed E-state index contributed by atoms with van der Waals surface area (Å²) in [7, 11) is -2.98. The summed E-state index contributed by atoms with van der Waals surface area (Å²) in [6, 6.07) is 6.45. The number of aliphatic imine (C=N–C) groups is 1. The van der Waals surface area contributed by atoms with Gasteiger partial charge in [0.25, 0.3) is 0 Å². The molecule has 0 aliphatic carbocycles. The van der Waals surface area contributed by atoms with E-state index in [0.29, 0.717) is 6.54 Å². The number of halogens is 1. The van der Waals surface area contributed by atoms with Crippen molar-refractivity contribution in [1.29, 1.82) is 0 Å². The molecule has 0 saturated carbocycles. The van der Waals surface area contributed by atoms with E-state index in [2.05, 4.69) is 52.2 Å². The summed E-state index contributed by atoms with van der Waals surface area (Å²) in [5, 5.41) is 3.29. The van der Waals surface area contributed by atoms with Gasteiger partial charge < -0.3 is 15.1 Å². The van der Waals surface area contributed by atoms with E-state index in [9.17, 15) is 8.42 Å². The lowest BCUT2D eigenvalue weighted by molar-refractivity contribution is 0.372. The Morgan fingerprint density at radius 3 is 2.41 bits per heavy atom. The molecule has 0 atom stereocenters. The van der Waals surface area contributed by atoms with Gasteiger partial charge in [0.15, 0.2) is 15.8 Å². The quantitative estimate of drug-likeness (QED) is 0.364. The largest absolute Gasteiger partial charge is 0.368 e. The summed E-state index contributed by atoms with van der Waals surface area (Å²) in [5.74, 6) is 1.11. The summed E-state index contributed by atoms with van der Waals surface area (Å²) >= 11 is 0. The van der Waals surface area contributed by atoms with E-state index in [1.165, 1.54) is 16.8 Å². The van der Waals surface area contributed by atoms with Gasteiger partial charge in [-0.2, -0.15) is 0 Å². The number of nitrogens with zero attached hydrogens (tertiary/aromatic N) is 3. The van der Waals surface area contributed by atoms with Gasteiger partial charge in [0.2, 0.25) is 0 Å². The normalized spacial score (nSPS) is 15.5. The first-order valence-corrected chi connectivity index (χ1v) is 11.2. The highest BCUT2D eigenvalue weighted by atomic mass is 127. The fraction of sp³-hybridized carbons (Fsp3) is 0.632. The Hall–Kier alpha value is -1.03. The van der Waals surface area contributed by atoms with Crippen LogP contribution >= 0.6 is 24.0 Å². The monoisotopic (exact) mass is 508 g/mol. The summed E-state index contributed by atoms with van der Waals surface area (Å²) in [6.07, 6.45) is 0. The maximum atomic E-state index is 11.7. The summed E-state index contributed by atoms with van der Waals surface area (Å²) < 4.78 is 23.3. The zero-order valence-electron chi connectivity index (χ0n) is 16.9. The first-order valence-electron chi connectivity index (χ1n) is 9.42. The number of aryl methyl sites for hydroxylation is 1. The van der Waals surface area contributed by atoms with Crippen LogP contribution in [-0.2, 0) is 9.84 Å². The van der Waals surface area contributed by atoms with Crippen LogP contribution in [0.1, 0.15) is 25.0 Å². The summed E-state index contributed by atoms with van der Waals surface area (Å²) in [6.45, 7) is 12.7. The average Bonchev–Trinajstić information content (AvgIpc) is 2.63. The molecule has 27 heavy (non-hydrogen) atoms. The molecule has 1 aliphatic heterocycles. The molecule has 0 spiro atoms. The van der Waals surface area contributed by atoms with Crippen LogP contribution in [0.3, 0.4) is 0 Å². The number of anilines is 1. The van der Waals surface area contributed by atoms with Crippen molar-refractivity contribution in [3.05, 3.63) is 29.3 Å². The van der Waals surface area contributed by atoms with Crippen molar-refractivity contribution < 1.29 is 8.42 Å². The summed E-state index contributed by atoms with van der Waals surface area (Å²) in [5.41, 5.74) is 3.96. The van der Waals surface area contributed by atoms with Gasteiger partial charge in [0, 0.05) is 44.2 Å². The van der Waals surface area contributed by atoms with E-state index >= 15 is 0 Å². The molecule has 6 nitrogen and oxygen atoms in total. The molecule has 1 saturated heterocycles. The number of rotatable bonds is 6. The molecule has 0 radical (unpaired) electrons. The predicted octanol–water partition coefficient (Wildman–Crippen LogP) is 2.44. The summed E-state index contributed by atoms with van der Waals surface area (Å²) in [4.78, 5) is 9.18. The molecule has 0 amide bonds. The Kier molecular flexibility index (Phi) is 9.86. The lowest BCUT2D eigenvalue weighted by Crippen LogP contribution is -2.52. The number of benzene rings is 1. The van der Waals surface area contributed by atoms with Crippen molar-refractivity contribution in [2.45, 2.75) is 27.7 Å². The highest BCUT2D eigenvalue weighted by Gasteiger charge is 2.21. The van der Waals surface area contributed by atoms with Gasteiger partial charge in [-0.25, -0.2) is 8.42 Å². The minimum absolute atomic E-state index is 0. The molecule has 1 N–H and O–H groups in total. The predicted molar refractivity (Wildman–Crippen MR) is 125 cm³/mol. The first kappa shape index (κ1) is 24.0. The third-order valence-corrected chi connectivity index (χ3v) is 6.62. The van der Waals surface area contributed by atoms with Crippen molar-refractivity contribution in [2.24, 2.45) is 4.99 Å². The third kappa shape index (κ3) is 6.81. The van der Waals surface area contributed by atoms with Crippen LogP contribution < -0.4 is 10.2 Å². The van der Waals surface area contributed by atoms with Crippen molar-refractivity contribution in [3.63, 3.8) is 0 Å². The Balaban J connectivity index is 0.00000364. The number of piperazine rings is 1. The van der Waals surface area contributed by atoms with E-state index in [1.54, 1.807) is 6.92 Å². The minimum atomic E-state index is -2.98. The number of guanidine groups is 1. The Morgan fingerprint density at radius 2 is 1.81 bits per heavy atom. The number of hydrogen-bond donors (Lipinski definition) is 1. The van der Waals surface area contributed by atoms with Gasteiger partial charge >= 0.3 is 0 Å². The third-order valence-electron chi connectivity index (χ3n) is 4.93. The molecule has 0 unspecified atom stereocenters. The standard InChI is InChI=1S/C19H32N4O2S.HI/c1-5-20-19(21-10-15-26(24,25)6-2)23-13-11-22(12-14-23)18-9-7-8-16(3)17(18)4;/h7-9H,5-6,10-15H2,1-4H3,(H,20,21);1H. The average molecular weight is 508 g/mol. The Morgan fingerprint density at radius 1 is 1.15 bits per heavy atom. The fourth-order valence-corrected chi connectivity index (χ4v) is 3.76. The van der Waals surface area contributed by atoms with Gasteiger partial charge in [-0.3, -0.25) is 4.99 Å². The molecule has 154 valence electrons. The minimum Gasteiger partial charge on any atom is -0.368 e. The lowest BCUT2D eigenvalue weighted by Gasteiger charge is -2.38. The Bertz CT molecular complexity index is 729. The second-order valence-electron chi connectivity index (χ2n) is 6.67. The van der Waals surface area contributed by atoms with Gasteiger partial charge in [-0.1, -0.05) is 19.1 Å². The smallest absolute Gasteiger partial charge is 0.194 e. The lowest BCUT2D eigenvalue weighted by atomic mass is 10.1. The van der Waals surface area contributed by atoms with Crippen LogP contribution in [0.15, 0.2) is 23.2 Å². The van der Waals surface area contributed by atoms with Gasteiger partial charge in [0.1, 0.15) is 0 Å². The molecule has 1 aromatic carbocycles. The fourth-order valence-electron chi connectivity index (χ4n) is 3.10. The van der Waals surface area contributed by atoms with Crippen LogP contribution in [0.25, 0.3) is 0 Å². The highest BCUT2D eigenvalue weighted by Crippen LogP contribution is 2.23. The number of nitrogens with one attached hydrogen (secondary N) is 1. The van der Waals surface area contributed by atoms with Crippen LogP contribution in [0.5, 0.6) is 0 Å². The molecule has 1 fully saturated rings. The SMILES string of the molecule is CCNC(=NCCS(=O)(=O)CC)N1CCN(c2cccc(C)c2C)CC1.I. The molecule has 2 rings (SSSR count). The van der Waals surface area contributed by atoms with Gasteiger partial charge in [-0.15, -0.1) is 24.0 Å². The van der Waals surface area contributed by atoms with Gasteiger partial charge in [0.05, 0.1) is 12.3 Å². The van der Waals surface area contributed by atoms with Crippen molar-refractivity contribution in [1.82, 2.24) is 10.2 Å². The van der Waals surface area contributed by atoms with Gasteiger partial charge in [-0.05, 0) is 38.0 Å². The molecule has 1 aromatic rings. The second kappa shape index (κ2) is 11.1. The number of sulfone groups is 1. The first-order chi connectivity index (χ1) is 12.4. The zero-order valence-corrected chi connectivity index (χ0v) is 20.0. The highest BCUT2D eigenvalue weighted by molar-refractivity contribution is 14.0. The molecular weight excluding hydrogens is 475 g/mol. The molecule has 1 heterocycles. The maximum Gasteiger partial charge on any atom is 0.194 e. The van der Waals surface area contributed by atoms with Crippen LogP contribution in [0.2, 0.25) is 0 Å². The number of hydrogen-bond acceptors (Lipinski definition) is 4. The molecule has 8 heteroatoms. The second-order valence-corrected chi connectivity index (χ2v) is 9.14. The maximum absolute atomic E-state index is 11.7. The van der Waals surface area contributed by atoms with Crippen LogP contribution in [0.4, 0.5) is 5.69 Å². The molecule has 0 bridgehead atoms. The van der Waals surface area contributed by atoms with E-state index in [0.717, 1.165) is 38.7 Å². The molecule has 1 aliphatic rings. The van der Waals surface area contributed by atoms with E-state index in [4.69, 9.17) is 0 Å². The molecular formula is C19H33IN4O2S. The van der Waals surface area contributed by atoms with E-state index in [-0.39, 0.29) is 35.5 Å². The van der Waals surface area contributed by atoms with Crippen molar-refractivity contribution >= 4 is 45.5 Å². The van der Waals surface area contributed by atoms with Crippen LogP contribution in [0, 0.1) is 13.8 Å². The van der Waals surface area contributed by atoms with Crippen molar-refractivity contribution in [2.75, 3.05) is 55.7 Å². The topological polar surface area (TPSA) is 65.0 Å². The van der Waals surface area contributed by atoms with E-state index < -0.39 is 9.84 Å². The zero-order chi connectivity index (χ0) is 19.2. The Labute approximate surface area is 181 Å². The molecule has 0 aromatic heterocycles.